The third-order valence-corrected chi connectivity index (χ3v) is 3.24. The third kappa shape index (κ3) is 2.79. The number of nitrogens with two attached hydrogens (primary N) is 1. The van der Waals surface area contributed by atoms with E-state index in [0.717, 1.165) is 18.4 Å². The van der Waals surface area contributed by atoms with Gasteiger partial charge in [0.05, 0.1) is 5.41 Å². The number of hydrogen-bond donors (Lipinski definition) is 2. The number of hydrogen-bond acceptors (Lipinski definition) is 2. The van der Waals surface area contributed by atoms with Crippen LogP contribution in [0, 0.1) is 0 Å². The van der Waals surface area contributed by atoms with Gasteiger partial charge in [0.15, 0.2) is 0 Å². The Bertz CT molecular complexity index is 376. The number of benzene rings is 1. The summed E-state index contributed by atoms with van der Waals surface area (Å²) >= 11 is 0. The van der Waals surface area contributed by atoms with Crippen molar-refractivity contribution in [3.05, 3.63) is 35.9 Å². The second-order valence-electron chi connectivity index (χ2n) is 4.56. The van der Waals surface area contributed by atoms with Crippen molar-refractivity contribution in [2.75, 3.05) is 6.54 Å². The summed E-state index contributed by atoms with van der Waals surface area (Å²) in [6.07, 6.45) is 1.89. The average molecular weight is 255 g/mol. The fourth-order valence-electron chi connectivity index (χ4n) is 1.95. The van der Waals surface area contributed by atoms with E-state index in [9.17, 15) is 4.79 Å². The highest BCUT2D eigenvalue weighted by atomic mass is 35.5. The van der Waals surface area contributed by atoms with Crippen LogP contribution in [0.1, 0.15) is 25.3 Å². The Labute approximate surface area is 108 Å². The van der Waals surface area contributed by atoms with Crippen LogP contribution in [0.4, 0.5) is 0 Å². The van der Waals surface area contributed by atoms with Gasteiger partial charge >= 0.3 is 0 Å². The van der Waals surface area contributed by atoms with E-state index < -0.39 is 0 Å². The van der Waals surface area contributed by atoms with Crippen LogP contribution in [0.5, 0.6) is 0 Å². The molecule has 17 heavy (non-hydrogen) atoms. The molecule has 0 aromatic heterocycles. The van der Waals surface area contributed by atoms with E-state index in [1.807, 2.05) is 37.3 Å². The molecule has 94 valence electrons. The van der Waals surface area contributed by atoms with E-state index in [2.05, 4.69) is 5.32 Å². The molecule has 1 fully saturated rings. The van der Waals surface area contributed by atoms with Gasteiger partial charge in [-0.05, 0) is 25.3 Å². The molecule has 1 atom stereocenters. The molecular formula is C13H19ClN2O. The molecule has 1 aliphatic carbocycles. The molecule has 1 aromatic rings. The maximum absolute atomic E-state index is 12.1. The van der Waals surface area contributed by atoms with Gasteiger partial charge in [0, 0.05) is 12.6 Å². The van der Waals surface area contributed by atoms with Gasteiger partial charge < -0.3 is 11.1 Å². The first-order chi connectivity index (χ1) is 7.69. The lowest BCUT2D eigenvalue weighted by molar-refractivity contribution is -0.124. The van der Waals surface area contributed by atoms with Crippen LogP contribution in [0.15, 0.2) is 30.3 Å². The molecule has 0 saturated heterocycles. The second-order valence-corrected chi connectivity index (χ2v) is 4.56. The number of carbonyl (C=O) groups is 1. The quantitative estimate of drug-likeness (QED) is 0.858. The predicted molar refractivity (Wildman–Crippen MR) is 71.3 cm³/mol. The van der Waals surface area contributed by atoms with Crippen LogP contribution in [0.25, 0.3) is 0 Å². The minimum absolute atomic E-state index is 0. The molecule has 1 saturated carbocycles. The highest BCUT2D eigenvalue weighted by Crippen LogP contribution is 2.48. The van der Waals surface area contributed by atoms with Crippen molar-refractivity contribution in [3.63, 3.8) is 0 Å². The molecule has 0 bridgehead atoms. The SMILES string of the molecule is C[C@@H](CN)NC(=O)C1(c2ccccc2)CC1.Cl. The van der Waals surface area contributed by atoms with Gasteiger partial charge in [-0.3, -0.25) is 4.79 Å². The monoisotopic (exact) mass is 254 g/mol. The molecule has 1 amide bonds. The lowest BCUT2D eigenvalue weighted by atomic mass is 9.95. The summed E-state index contributed by atoms with van der Waals surface area (Å²) in [5.41, 5.74) is 6.36. The maximum atomic E-state index is 12.1. The lowest BCUT2D eigenvalue weighted by Gasteiger charge is -2.18. The molecule has 4 heteroatoms. The minimum atomic E-state index is -0.273. The van der Waals surface area contributed by atoms with Crippen molar-refractivity contribution in [1.29, 1.82) is 0 Å². The molecule has 0 spiro atoms. The smallest absolute Gasteiger partial charge is 0.230 e. The number of rotatable bonds is 4. The molecular weight excluding hydrogens is 236 g/mol. The van der Waals surface area contributed by atoms with E-state index in [1.165, 1.54) is 0 Å². The molecule has 2 rings (SSSR count). The molecule has 0 aliphatic heterocycles. The Hall–Kier alpha value is -1.06. The summed E-state index contributed by atoms with van der Waals surface area (Å²) in [7, 11) is 0. The number of carbonyl (C=O) groups excluding carboxylic acids is 1. The van der Waals surface area contributed by atoms with Crippen molar-refractivity contribution in [2.45, 2.75) is 31.2 Å². The fraction of sp³-hybridized carbons (Fsp3) is 0.462. The minimum Gasteiger partial charge on any atom is -0.352 e. The van der Waals surface area contributed by atoms with Gasteiger partial charge in [-0.1, -0.05) is 30.3 Å². The van der Waals surface area contributed by atoms with Gasteiger partial charge in [0.2, 0.25) is 5.91 Å². The van der Waals surface area contributed by atoms with Gasteiger partial charge in [0.1, 0.15) is 0 Å². The lowest BCUT2D eigenvalue weighted by Crippen LogP contribution is -2.43. The normalized spacial score (nSPS) is 17.8. The highest BCUT2D eigenvalue weighted by molar-refractivity contribution is 5.91. The molecule has 3 nitrogen and oxygen atoms in total. The Balaban J connectivity index is 0.00000144. The first-order valence-electron chi connectivity index (χ1n) is 5.75. The standard InChI is InChI=1S/C13H18N2O.ClH/c1-10(9-14)15-12(16)13(7-8-13)11-5-3-2-4-6-11;/h2-6,10H,7-9,14H2,1H3,(H,15,16);1H/t10-;/m0./s1. The summed E-state index contributed by atoms with van der Waals surface area (Å²) < 4.78 is 0. The second kappa shape index (κ2) is 5.52. The van der Waals surface area contributed by atoms with Crippen LogP contribution in [0.2, 0.25) is 0 Å². The Morgan fingerprint density at radius 2 is 2.00 bits per heavy atom. The molecule has 1 aromatic carbocycles. The molecule has 1 aliphatic rings. The van der Waals surface area contributed by atoms with Crippen LogP contribution >= 0.6 is 12.4 Å². The third-order valence-electron chi connectivity index (χ3n) is 3.24. The van der Waals surface area contributed by atoms with Crippen molar-refractivity contribution >= 4 is 18.3 Å². The van der Waals surface area contributed by atoms with Crippen molar-refractivity contribution < 1.29 is 4.79 Å². The average Bonchev–Trinajstić information content (AvgIpc) is 3.11. The van der Waals surface area contributed by atoms with Crippen LogP contribution in [-0.2, 0) is 10.2 Å². The summed E-state index contributed by atoms with van der Waals surface area (Å²) in [4.78, 5) is 12.1. The van der Waals surface area contributed by atoms with E-state index in [1.54, 1.807) is 0 Å². The van der Waals surface area contributed by atoms with E-state index in [-0.39, 0.29) is 29.8 Å². The van der Waals surface area contributed by atoms with E-state index in [0.29, 0.717) is 6.54 Å². The zero-order valence-electron chi connectivity index (χ0n) is 9.98. The highest BCUT2D eigenvalue weighted by Gasteiger charge is 2.51. The first kappa shape index (κ1) is 14.0. The summed E-state index contributed by atoms with van der Waals surface area (Å²) in [6, 6.07) is 10.0. The number of halogens is 1. The van der Waals surface area contributed by atoms with Crippen molar-refractivity contribution in [2.24, 2.45) is 5.73 Å². The molecule has 0 heterocycles. The van der Waals surface area contributed by atoms with Gasteiger partial charge in [-0.15, -0.1) is 12.4 Å². The summed E-state index contributed by atoms with van der Waals surface area (Å²) in [5, 5.41) is 2.97. The Morgan fingerprint density at radius 3 is 2.47 bits per heavy atom. The van der Waals surface area contributed by atoms with Crippen LogP contribution in [0.3, 0.4) is 0 Å². The van der Waals surface area contributed by atoms with Gasteiger partial charge in [-0.25, -0.2) is 0 Å². The van der Waals surface area contributed by atoms with Crippen LogP contribution < -0.4 is 11.1 Å². The predicted octanol–water partition coefficient (Wildman–Crippen LogP) is 1.60. The Morgan fingerprint density at radius 1 is 1.41 bits per heavy atom. The largest absolute Gasteiger partial charge is 0.352 e. The molecule has 3 N–H and O–H groups in total. The fourth-order valence-corrected chi connectivity index (χ4v) is 1.95. The van der Waals surface area contributed by atoms with E-state index >= 15 is 0 Å². The Kier molecular flexibility index (Phi) is 4.54. The topological polar surface area (TPSA) is 55.1 Å². The number of amides is 1. The van der Waals surface area contributed by atoms with E-state index in [4.69, 9.17) is 5.73 Å². The van der Waals surface area contributed by atoms with Crippen molar-refractivity contribution in [3.8, 4) is 0 Å². The van der Waals surface area contributed by atoms with Gasteiger partial charge in [0.25, 0.3) is 0 Å². The maximum Gasteiger partial charge on any atom is 0.230 e. The van der Waals surface area contributed by atoms with Crippen molar-refractivity contribution in [1.82, 2.24) is 5.32 Å². The first-order valence-corrected chi connectivity index (χ1v) is 5.75. The zero-order chi connectivity index (χ0) is 11.6. The zero-order valence-corrected chi connectivity index (χ0v) is 10.8. The summed E-state index contributed by atoms with van der Waals surface area (Å²) in [6.45, 7) is 2.41. The number of nitrogens with one attached hydrogen (secondary N) is 1. The van der Waals surface area contributed by atoms with Gasteiger partial charge in [-0.2, -0.15) is 0 Å². The molecule has 0 unspecified atom stereocenters. The summed E-state index contributed by atoms with van der Waals surface area (Å²) in [5.74, 6) is 0.122. The molecule has 0 radical (unpaired) electrons. The van der Waals surface area contributed by atoms with Crippen LogP contribution in [-0.4, -0.2) is 18.5 Å².